The quantitative estimate of drug-likeness (QED) is 0.740. The summed E-state index contributed by atoms with van der Waals surface area (Å²) in [5, 5.41) is 2.99. The average molecular weight is 414 g/mol. The number of piperidine rings is 1. The number of amides is 3. The number of rotatable bonds is 6. The van der Waals surface area contributed by atoms with E-state index in [4.69, 9.17) is 4.74 Å². The molecule has 3 aliphatic heterocycles. The summed E-state index contributed by atoms with van der Waals surface area (Å²) >= 11 is 0. The summed E-state index contributed by atoms with van der Waals surface area (Å²) in [6.07, 6.45) is 4.92. The van der Waals surface area contributed by atoms with E-state index in [1.54, 1.807) is 24.0 Å². The first-order valence-electron chi connectivity index (χ1n) is 11.0. The Balaban J connectivity index is 1.50. The van der Waals surface area contributed by atoms with Gasteiger partial charge in [-0.15, -0.1) is 0 Å². The Morgan fingerprint density at radius 3 is 2.80 bits per heavy atom. The van der Waals surface area contributed by atoms with Gasteiger partial charge < -0.3 is 19.9 Å². The van der Waals surface area contributed by atoms with Gasteiger partial charge in [-0.1, -0.05) is 18.2 Å². The SMILES string of the molecule is COc1ccccc1[C@@H]1NC(=O)N(C)C2=C1C(=O)N(CCC[NH+]1CCCC[C@H]1C)C2. The second-order valence-corrected chi connectivity index (χ2v) is 8.68. The van der Waals surface area contributed by atoms with Gasteiger partial charge in [-0.2, -0.15) is 0 Å². The molecule has 1 aromatic rings. The van der Waals surface area contributed by atoms with E-state index in [0.717, 1.165) is 30.8 Å². The third-order valence-electron chi connectivity index (χ3n) is 6.89. The highest BCUT2D eigenvalue weighted by molar-refractivity contribution is 6.01. The van der Waals surface area contributed by atoms with Gasteiger partial charge in [0.1, 0.15) is 5.75 Å². The second-order valence-electron chi connectivity index (χ2n) is 8.68. The van der Waals surface area contributed by atoms with Gasteiger partial charge in [0.15, 0.2) is 0 Å². The zero-order valence-corrected chi connectivity index (χ0v) is 18.2. The molecule has 7 heteroatoms. The van der Waals surface area contributed by atoms with Crippen LogP contribution in [0.15, 0.2) is 35.5 Å². The van der Waals surface area contributed by atoms with Gasteiger partial charge in [0.05, 0.1) is 50.1 Å². The lowest BCUT2D eigenvalue weighted by Crippen LogP contribution is -3.16. The first-order valence-corrected chi connectivity index (χ1v) is 11.0. The fourth-order valence-electron chi connectivity index (χ4n) is 5.06. The molecule has 1 aromatic carbocycles. The summed E-state index contributed by atoms with van der Waals surface area (Å²) in [4.78, 5) is 31.1. The number of hydrogen-bond donors (Lipinski definition) is 2. The molecule has 0 bridgehead atoms. The van der Waals surface area contributed by atoms with Crippen molar-refractivity contribution in [3.05, 3.63) is 41.1 Å². The van der Waals surface area contributed by atoms with Crippen molar-refractivity contribution >= 4 is 11.9 Å². The van der Waals surface area contributed by atoms with Crippen LogP contribution >= 0.6 is 0 Å². The van der Waals surface area contributed by atoms with Crippen LogP contribution in [-0.4, -0.2) is 68.1 Å². The summed E-state index contributed by atoms with van der Waals surface area (Å²) in [5.41, 5.74) is 2.29. The molecular weight excluding hydrogens is 380 g/mol. The Bertz CT molecular complexity index is 853. The molecular formula is C23H33N4O3+. The number of quaternary nitrogens is 1. The molecule has 2 N–H and O–H groups in total. The minimum Gasteiger partial charge on any atom is -0.496 e. The molecule has 7 nitrogen and oxygen atoms in total. The van der Waals surface area contributed by atoms with Crippen LogP contribution in [0.3, 0.4) is 0 Å². The van der Waals surface area contributed by atoms with Gasteiger partial charge in [0.25, 0.3) is 5.91 Å². The van der Waals surface area contributed by atoms with Crippen molar-refractivity contribution in [3.8, 4) is 5.75 Å². The number of hydrogen-bond acceptors (Lipinski definition) is 3. The largest absolute Gasteiger partial charge is 0.496 e. The standard InChI is InChI=1S/C23H32N4O3/c1-16-9-6-7-12-26(16)13-8-14-27-15-18-20(22(27)28)21(24-23(29)25(18)2)17-10-4-5-11-19(17)30-3/h4-5,10-11,16,21H,6-9,12-15H2,1-3H3,(H,24,29)/p+1/t16-,21+/m1/s1. The molecule has 0 aromatic heterocycles. The van der Waals surface area contributed by atoms with Crippen LogP contribution in [-0.2, 0) is 4.79 Å². The third kappa shape index (κ3) is 3.78. The number of carbonyl (C=O) groups excluding carboxylic acids is 2. The molecule has 3 atom stereocenters. The third-order valence-corrected chi connectivity index (χ3v) is 6.89. The van der Waals surface area contributed by atoms with Crippen molar-refractivity contribution in [1.29, 1.82) is 0 Å². The Kier molecular flexibility index (Phi) is 5.99. The smallest absolute Gasteiger partial charge is 0.322 e. The van der Waals surface area contributed by atoms with Gasteiger partial charge in [-0.05, 0) is 32.3 Å². The van der Waals surface area contributed by atoms with Crippen molar-refractivity contribution < 1.29 is 19.2 Å². The molecule has 4 rings (SSSR count). The predicted molar refractivity (Wildman–Crippen MR) is 114 cm³/mol. The number of urea groups is 1. The maximum Gasteiger partial charge on any atom is 0.322 e. The van der Waals surface area contributed by atoms with Crippen LogP contribution in [0.4, 0.5) is 4.79 Å². The van der Waals surface area contributed by atoms with E-state index in [9.17, 15) is 9.59 Å². The summed E-state index contributed by atoms with van der Waals surface area (Å²) < 4.78 is 5.50. The summed E-state index contributed by atoms with van der Waals surface area (Å²) in [5.74, 6) is 0.697. The Morgan fingerprint density at radius 1 is 1.23 bits per heavy atom. The van der Waals surface area contributed by atoms with Crippen LogP contribution in [0.25, 0.3) is 0 Å². The number of likely N-dealkylation sites (tertiary alicyclic amines) is 1. The van der Waals surface area contributed by atoms with E-state index >= 15 is 0 Å². The molecule has 3 heterocycles. The van der Waals surface area contributed by atoms with Crippen LogP contribution in [0, 0.1) is 0 Å². The minimum absolute atomic E-state index is 0.0226. The average Bonchev–Trinajstić information content (AvgIpc) is 3.09. The first-order chi connectivity index (χ1) is 14.5. The maximum absolute atomic E-state index is 13.4. The number of ether oxygens (including phenoxy) is 1. The van der Waals surface area contributed by atoms with E-state index < -0.39 is 6.04 Å². The van der Waals surface area contributed by atoms with Crippen LogP contribution in [0.5, 0.6) is 5.75 Å². The lowest BCUT2D eigenvalue weighted by Gasteiger charge is -2.31. The molecule has 162 valence electrons. The molecule has 3 aliphatic rings. The molecule has 1 saturated heterocycles. The lowest BCUT2D eigenvalue weighted by atomic mass is 9.95. The Hall–Kier alpha value is -2.54. The predicted octanol–water partition coefficient (Wildman–Crippen LogP) is 1.34. The number of likely N-dealkylation sites (N-methyl/N-ethyl adjacent to an activating group) is 1. The minimum atomic E-state index is -0.481. The number of nitrogens with zero attached hydrogens (tertiary/aromatic N) is 2. The van der Waals surface area contributed by atoms with E-state index in [2.05, 4.69) is 12.2 Å². The molecule has 0 radical (unpaired) electrons. The fraction of sp³-hybridized carbons (Fsp3) is 0.565. The normalized spacial score (nSPS) is 26.7. The number of methoxy groups -OCH3 is 1. The van der Waals surface area contributed by atoms with E-state index in [0.29, 0.717) is 23.9 Å². The van der Waals surface area contributed by atoms with E-state index in [1.807, 2.05) is 29.2 Å². The number of carbonyl (C=O) groups is 2. The lowest BCUT2D eigenvalue weighted by molar-refractivity contribution is -0.928. The summed E-state index contributed by atoms with van der Waals surface area (Å²) in [6.45, 7) is 5.89. The van der Waals surface area contributed by atoms with Gasteiger partial charge in [0.2, 0.25) is 0 Å². The molecule has 0 saturated carbocycles. The van der Waals surface area contributed by atoms with E-state index in [1.165, 1.54) is 25.8 Å². The zero-order chi connectivity index (χ0) is 21.3. The van der Waals surface area contributed by atoms with Crippen molar-refractivity contribution in [1.82, 2.24) is 15.1 Å². The Morgan fingerprint density at radius 2 is 2.03 bits per heavy atom. The van der Waals surface area contributed by atoms with Gasteiger partial charge >= 0.3 is 6.03 Å². The summed E-state index contributed by atoms with van der Waals surface area (Å²) in [6, 6.07) is 7.61. The van der Waals surface area contributed by atoms with Crippen molar-refractivity contribution in [2.75, 3.05) is 40.3 Å². The molecule has 0 aliphatic carbocycles. The van der Waals surface area contributed by atoms with Crippen molar-refractivity contribution in [2.45, 2.75) is 44.7 Å². The molecule has 1 fully saturated rings. The topological polar surface area (TPSA) is 66.3 Å². The van der Waals surface area contributed by atoms with Crippen LogP contribution in [0.1, 0.15) is 44.2 Å². The van der Waals surface area contributed by atoms with E-state index in [-0.39, 0.29) is 11.9 Å². The monoisotopic (exact) mass is 413 g/mol. The van der Waals surface area contributed by atoms with Crippen molar-refractivity contribution in [3.63, 3.8) is 0 Å². The highest BCUT2D eigenvalue weighted by Crippen LogP contribution is 2.38. The number of para-hydroxylation sites is 1. The molecule has 1 unspecified atom stereocenters. The highest BCUT2D eigenvalue weighted by Gasteiger charge is 2.43. The van der Waals surface area contributed by atoms with Gasteiger partial charge in [0, 0.05) is 25.6 Å². The second kappa shape index (κ2) is 8.68. The molecule has 3 amide bonds. The number of nitrogens with one attached hydrogen (secondary N) is 2. The van der Waals surface area contributed by atoms with Crippen LogP contribution in [0.2, 0.25) is 0 Å². The summed E-state index contributed by atoms with van der Waals surface area (Å²) in [7, 11) is 3.34. The molecule has 30 heavy (non-hydrogen) atoms. The fourth-order valence-corrected chi connectivity index (χ4v) is 5.06. The van der Waals surface area contributed by atoms with Gasteiger partial charge in [-0.3, -0.25) is 9.69 Å². The first kappa shape index (κ1) is 20.7. The van der Waals surface area contributed by atoms with Crippen LogP contribution < -0.4 is 15.0 Å². The van der Waals surface area contributed by atoms with Crippen molar-refractivity contribution in [2.24, 2.45) is 0 Å². The maximum atomic E-state index is 13.4. The Labute approximate surface area is 178 Å². The highest BCUT2D eigenvalue weighted by atomic mass is 16.5. The number of benzene rings is 1. The molecule has 0 spiro atoms. The van der Waals surface area contributed by atoms with Gasteiger partial charge in [-0.25, -0.2) is 4.79 Å². The zero-order valence-electron chi connectivity index (χ0n) is 18.2.